The van der Waals surface area contributed by atoms with Crippen molar-refractivity contribution in [1.82, 2.24) is 15.5 Å². The quantitative estimate of drug-likeness (QED) is 0.545. The van der Waals surface area contributed by atoms with E-state index in [1.807, 2.05) is 0 Å². The fourth-order valence-corrected chi connectivity index (χ4v) is 4.17. The van der Waals surface area contributed by atoms with Gasteiger partial charge in [-0.15, -0.1) is 10.2 Å². The molecule has 0 bridgehead atoms. The van der Waals surface area contributed by atoms with Crippen molar-refractivity contribution in [3.8, 4) is 5.75 Å². The Balaban J connectivity index is 1.33. The smallest absolute Gasteiger partial charge is 0.286 e. The molecule has 0 spiro atoms. The number of benzene rings is 2. The largest absolute Gasteiger partial charge is 0.486 e. The van der Waals surface area contributed by atoms with Crippen molar-refractivity contribution in [3.05, 3.63) is 69.9 Å². The molecular formula is C23H23FN4O3S. The summed E-state index contributed by atoms with van der Waals surface area (Å²) in [5.41, 5.74) is 1.00. The Hall–Kier alpha value is -3.33. The molecule has 2 amide bonds. The van der Waals surface area contributed by atoms with Gasteiger partial charge in [-0.3, -0.25) is 9.59 Å². The molecule has 166 valence electrons. The second-order valence-corrected chi connectivity index (χ2v) is 8.65. The lowest BCUT2D eigenvalue weighted by Gasteiger charge is -2.22. The monoisotopic (exact) mass is 454 g/mol. The summed E-state index contributed by atoms with van der Waals surface area (Å²) < 4.78 is 18.5. The zero-order valence-corrected chi connectivity index (χ0v) is 18.2. The van der Waals surface area contributed by atoms with Gasteiger partial charge in [-0.2, -0.15) is 0 Å². The molecule has 0 unspecified atom stereocenters. The molecule has 32 heavy (non-hydrogen) atoms. The van der Waals surface area contributed by atoms with Crippen LogP contribution < -0.4 is 15.4 Å². The molecule has 0 radical (unpaired) electrons. The van der Waals surface area contributed by atoms with Gasteiger partial charge in [0, 0.05) is 17.3 Å². The van der Waals surface area contributed by atoms with Crippen molar-refractivity contribution in [2.24, 2.45) is 0 Å². The number of nitrogens with one attached hydrogen (secondary N) is 2. The fourth-order valence-electron chi connectivity index (χ4n) is 3.52. The molecule has 1 aliphatic carbocycles. The topological polar surface area (TPSA) is 93.2 Å². The summed E-state index contributed by atoms with van der Waals surface area (Å²) in [6.45, 7) is 0.118. The zero-order valence-electron chi connectivity index (χ0n) is 17.3. The average Bonchev–Trinajstić information content (AvgIpc) is 3.29. The predicted molar refractivity (Wildman–Crippen MR) is 119 cm³/mol. The molecule has 7 nitrogen and oxygen atoms in total. The van der Waals surface area contributed by atoms with Crippen LogP contribution in [0.5, 0.6) is 5.75 Å². The number of carbonyl (C=O) groups is 2. The first-order chi connectivity index (χ1) is 15.6. The Kier molecular flexibility index (Phi) is 7.06. The Morgan fingerprint density at radius 2 is 1.81 bits per heavy atom. The number of halogens is 1. The van der Waals surface area contributed by atoms with Crippen LogP contribution in [0.4, 0.5) is 10.1 Å². The number of nitrogens with zero attached hydrogens (tertiary/aromatic N) is 2. The maximum absolute atomic E-state index is 13.0. The highest BCUT2D eigenvalue weighted by Crippen LogP contribution is 2.20. The standard InChI is InChI=1S/C23H23FN4O3S/c24-16-9-11-19(12-10-16)31-14-20-27-28-23(32-20)22(30)26-18-8-4-5-15(13-18)21(29)25-17-6-2-1-3-7-17/h4-5,8-13,17H,1-3,6-7,14H2,(H,25,29)(H,26,30). The summed E-state index contributed by atoms with van der Waals surface area (Å²) in [7, 11) is 0. The highest BCUT2D eigenvalue weighted by Gasteiger charge is 2.18. The van der Waals surface area contributed by atoms with E-state index in [9.17, 15) is 14.0 Å². The molecule has 1 saturated carbocycles. The summed E-state index contributed by atoms with van der Waals surface area (Å²) in [6.07, 6.45) is 5.51. The van der Waals surface area contributed by atoms with Crippen LogP contribution in [0.3, 0.4) is 0 Å². The first-order valence-corrected chi connectivity index (χ1v) is 11.3. The molecule has 9 heteroatoms. The zero-order chi connectivity index (χ0) is 22.3. The van der Waals surface area contributed by atoms with Crippen molar-refractivity contribution in [1.29, 1.82) is 0 Å². The maximum atomic E-state index is 13.0. The molecule has 1 aromatic heterocycles. The molecular weight excluding hydrogens is 431 g/mol. The van der Waals surface area contributed by atoms with Crippen LogP contribution in [0.15, 0.2) is 48.5 Å². The summed E-state index contributed by atoms with van der Waals surface area (Å²) >= 11 is 1.10. The lowest BCUT2D eigenvalue weighted by atomic mass is 9.95. The van der Waals surface area contributed by atoms with Crippen molar-refractivity contribution < 1.29 is 18.7 Å². The number of hydrogen-bond acceptors (Lipinski definition) is 6. The number of ether oxygens (including phenoxy) is 1. The number of anilines is 1. The van der Waals surface area contributed by atoms with Gasteiger partial charge >= 0.3 is 0 Å². The van der Waals surface area contributed by atoms with Gasteiger partial charge in [-0.05, 0) is 55.3 Å². The number of amides is 2. The van der Waals surface area contributed by atoms with Gasteiger partial charge in [0.1, 0.15) is 18.2 Å². The Labute approximate surface area is 189 Å². The molecule has 1 heterocycles. The first kappa shape index (κ1) is 21.9. The highest BCUT2D eigenvalue weighted by molar-refractivity contribution is 7.13. The van der Waals surface area contributed by atoms with Crippen LogP contribution in [0.25, 0.3) is 0 Å². The molecule has 0 atom stereocenters. The second-order valence-electron chi connectivity index (χ2n) is 7.59. The minimum Gasteiger partial charge on any atom is -0.486 e. The van der Waals surface area contributed by atoms with E-state index in [2.05, 4.69) is 20.8 Å². The van der Waals surface area contributed by atoms with Gasteiger partial charge < -0.3 is 15.4 Å². The molecule has 4 rings (SSSR count). The molecule has 0 saturated heterocycles. The Bertz CT molecular complexity index is 1080. The van der Waals surface area contributed by atoms with Crippen LogP contribution in [0, 0.1) is 5.82 Å². The van der Waals surface area contributed by atoms with E-state index in [1.165, 1.54) is 30.7 Å². The Morgan fingerprint density at radius 1 is 1.03 bits per heavy atom. The number of rotatable bonds is 7. The third-order valence-electron chi connectivity index (χ3n) is 5.16. The van der Waals surface area contributed by atoms with Gasteiger partial charge in [-0.1, -0.05) is 36.7 Å². The number of aromatic nitrogens is 2. The van der Waals surface area contributed by atoms with Gasteiger partial charge in [-0.25, -0.2) is 4.39 Å². The lowest BCUT2D eigenvalue weighted by molar-refractivity contribution is 0.0926. The average molecular weight is 455 g/mol. The molecule has 2 aromatic carbocycles. The van der Waals surface area contributed by atoms with E-state index < -0.39 is 5.91 Å². The van der Waals surface area contributed by atoms with Gasteiger partial charge in [0.15, 0.2) is 5.01 Å². The minimum absolute atomic E-state index is 0.118. The number of hydrogen-bond donors (Lipinski definition) is 2. The molecule has 1 aliphatic rings. The minimum atomic E-state index is -0.416. The Morgan fingerprint density at radius 3 is 2.59 bits per heavy atom. The van der Waals surface area contributed by atoms with E-state index in [1.54, 1.807) is 24.3 Å². The van der Waals surface area contributed by atoms with Crippen molar-refractivity contribution >= 4 is 28.8 Å². The molecule has 3 aromatic rings. The summed E-state index contributed by atoms with van der Waals surface area (Å²) in [5.74, 6) is -0.400. The second kappa shape index (κ2) is 10.3. The summed E-state index contributed by atoms with van der Waals surface area (Å²) in [5, 5.41) is 14.4. The van der Waals surface area contributed by atoms with Crippen LogP contribution >= 0.6 is 11.3 Å². The highest BCUT2D eigenvalue weighted by atomic mass is 32.1. The van der Waals surface area contributed by atoms with Crippen molar-refractivity contribution in [2.75, 3.05) is 5.32 Å². The SMILES string of the molecule is O=C(NC1CCCCC1)c1cccc(NC(=O)c2nnc(COc3ccc(F)cc3)s2)c1. The lowest BCUT2D eigenvalue weighted by Crippen LogP contribution is -2.36. The molecule has 0 aliphatic heterocycles. The van der Waals surface area contributed by atoms with Crippen LogP contribution in [0.1, 0.15) is 57.3 Å². The molecule has 1 fully saturated rings. The van der Waals surface area contributed by atoms with E-state index in [4.69, 9.17) is 4.74 Å². The van der Waals surface area contributed by atoms with E-state index in [0.29, 0.717) is 22.0 Å². The summed E-state index contributed by atoms with van der Waals surface area (Å²) in [6, 6.07) is 12.7. The van der Waals surface area contributed by atoms with E-state index in [0.717, 1.165) is 37.0 Å². The van der Waals surface area contributed by atoms with Gasteiger partial charge in [0.25, 0.3) is 11.8 Å². The van der Waals surface area contributed by atoms with Gasteiger partial charge in [0.05, 0.1) is 0 Å². The van der Waals surface area contributed by atoms with Crippen molar-refractivity contribution in [3.63, 3.8) is 0 Å². The first-order valence-electron chi connectivity index (χ1n) is 10.5. The maximum Gasteiger partial charge on any atom is 0.286 e. The van der Waals surface area contributed by atoms with Gasteiger partial charge in [0.2, 0.25) is 5.01 Å². The normalized spacial score (nSPS) is 14.0. The van der Waals surface area contributed by atoms with E-state index in [-0.39, 0.29) is 29.4 Å². The molecule has 2 N–H and O–H groups in total. The fraction of sp³-hybridized carbons (Fsp3) is 0.304. The van der Waals surface area contributed by atoms with Crippen molar-refractivity contribution in [2.45, 2.75) is 44.8 Å². The third-order valence-corrected chi connectivity index (χ3v) is 6.06. The predicted octanol–water partition coefficient (Wildman–Crippen LogP) is 4.57. The van der Waals surface area contributed by atoms with Crippen LogP contribution in [-0.2, 0) is 6.61 Å². The van der Waals surface area contributed by atoms with Crippen LogP contribution in [0.2, 0.25) is 0 Å². The van der Waals surface area contributed by atoms with E-state index >= 15 is 0 Å². The summed E-state index contributed by atoms with van der Waals surface area (Å²) in [4.78, 5) is 25.1. The number of carbonyl (C=O) groups excluding carboxylic acids is 2. The van der Waals surface area contributed by atoms with Crippen LogP contribution in [-0.4, -0.2) is 28.1 Å². The third kappa shape index (κ3) is 5.88.